The molecule has 3 rings (SSSR count). The summed E-state index contributed by atoms with van der Waals surface area (Å²) in [5.41, 5.74) is 4.18. The van der Waals surface area contributed by atoms with E-state index in [2.05, 4.69) is 34.1 Å². The van der Waals surface area contributed by atoms with Gasteiger partial charge in [0, 0.05) is 22.3 Å². The molecule has 3 heteroatoms. The van der Waals surface area contributed by atoms with Crippen LogP contribution in [0.5, 0.6) is 0 Å². The second kappa shape index (κ2) is 6.02. The number of benzene rings is 2. The molecule has 0 atom stereocenters. The third-order valence-electron chi connectivity index (χ3n) is 3.89. The van der Waals surface area contributed by atoms with Crippen molar-refractivity contribution in [1.29, 1.82) is 0 Å². The van der Waals surface area contributed by atoms with Crippen LogP contribution in [0, 0.1) is 6.92 Å². The van der Waals surface area contributed by atoms with E-state index in [-0.39, 0.29) is 5.91 Å². The largest absolute Gasteiger partial charge is 0.308 e. The molecule has 0 fully saturated rings. The predicted molar refractivity (Wildman–Crippen MR) is 89.9 cm³/mol. The first-order valence-corrected chi connectivity index (χ1v) is 8.11. The fourth-order valence-electron chi connectivity index (χ4n) is 2.92. The van der Waals surface area contributed by atoms with Gasteiger partial charge in [-0.25, -0.2) is 0 Å². The number of amides is 1. The van der Waals surface area contributed by atoms with E-state index in [4.69, 9.17) is 0 Å². The summed E-state index contributed by atoms with van der Waals surface area (Å²) in [6.45, 7) is 2.80. The van der Waals surface area contributed by atoms with E-state index in [0.29, 0.717) is 0 Å². The lowest BCUT2D eigenvalue weighted by atomic mass is 10.1. The first-order valence-electron chi connectivity index (χ1n) is 7.32. The molecular formula is C18H18BrNO. The summed E-state index contributed by atoms with van der Waals surface area (Å²) in [4.78, 5) is 14.9. The van der Waals surface area contributed by atoms with Gasteiger partial charge in [0.05, 0.1) is 0 Å². The number of rotatable bonds is 1. The summed E-state index contributed by atoms with van der Waals surface area (Å²) >= 11 is 3.48. The van der Waals surface area contributed by atoms with Crippen molar-refractivity contribution < 1.29 is 4.79 Å². The van der Waals surface area contributed by atoms with E-state index in [1.54, 1.807) is 0 Å². The number of carbonyl (C=O) groups is 1. The first kappa shape index (κ1) is 14.3. The van der Waals surface area contributed by atoms with E-state index in [1.165, 1.54) is 5.56 Å². The summed E-state index contributed by atoms with van der Waals surface area (Å²) in [5, 5.41) is 0. The van der Waals surface area contributed by atoms with Crippen molar-refractivity contribution in [3.05, 3.63) is 63.6 Å². The highest BCUT2D eigenvalue weighted by Crippen LogP contribution is 2.28. The molecule has 0 saturated carbocycles. The van der Waals surface area contributed by atoms with Gasteiger partial charge in [-0.05, 0) is 61.6 Å². The maximum atomic E-state index is 12.9. The normalized spacial score (nSPS) is 14.5. The Kier molecular flexibility index (Phi) is 4.11. The second-order valence-electron chi connectivity index (χ2n) is 5.56. The van der Waals surface area contributed by atoms with E-state index < -0.39 is 0 Å². The van der Waals surface area contributed by atoms with Gasteiger partial charge in [-0.15, -0.1) is 0 Å². The molecule has 0 aromatic heterocycles. The number of para-hydroxylation sites is 1. The minimum Gasteiger partial charge on any atom is -0.308 e. The number of hydrogen-bond donors (Lipinski definition) is 0. The van der Waals surface area contributed by atoms with E-state index >= 15 is 0 Å². The highest BCUT2D eigenvalue weighted by molar-refractivity contribution is 9.10. The first-order chi connectivity index (χ1) is 10.1. The number of nitrogens with zero attached hydrogens (tertiary/aromatic N) is 1. The van der Waals surface area contributed by atoms with Gasteiger partial charge in [0.25, 0.3) is 5.91 Å². The molecule has 108 valence electrons. The molecule has 0 aliphatic carbocycles. The maximum absolute atomic E-state index is 12.9. The van der Waals surface area contributed by atoms with Crippen molar-refractivity contribution in [1.82, 2.24) is 0 Å². The molecule has 1 aliphatic heterocycles. The lowest BCUT2D eigenvalue weighted by Crippen LogP contribution is -2.31. The molecule has 2 aromatic rings. The quantitative estimate of drug-likeness (QED) is 0.732. The monoisotopic (exact) mass is 343 g/mol. The Morgan fingerprint density at radius 1 is 1.14 bits per heavy atom. The number of aryl methyl sites for hydroxylation is 2. The smallest absolute Gasteiger partial charge is 0.258 e. The summed E-state index contributed by atoms with van der Waals surface area (Å²) in [6.07, 6.45) is 3.24. The average Bonchev–Trinajstić information content (AvgIpc) is 2.68. The zero-order valence-corrected chi connectivity index (χ0v) is 13.7. The number of fused-ring (bicyclic) bond motifs is 1. The Bertz CT molecular complexity index is 660. The Balaban J connectivity index is 2.01. The third-order valence-corrected chi connectivity index (χ3v) is 4.35. The highest BCUT2D eigenvalue weighted by Gasteiger charge is 2.22. The van der Waals surface area contributed by atoms with Gasteiger partial charge in [0.15, 0.2) is 0 Å². The van der Waals surface area contributed by atoms with Crippen LogP contribution in [0.4, 0.5) is 5.69 Å². The van der Waals surface area contributed by atoms with Crippen LogP contribution in [0.3, 0.4) is 0 Å². The molecule has 1 aliphatic rings. The van der Waals surface area contributed by atoms with Crippen LogP contribution < -0.4 is 4.90 Å². The Morgan fingerprint density at radius 3 is 2.76 bits per heavy atom. The van der Waals surface area contributed by atoms with Crippen LogP contribution in [0.1, 0.15) is 34.3 Å². The third kappa shape index (κ3) is 3.03. The average molecular weight is 344 g/mol. The van der Waals surface area contributed by atoms with Crippen LogP contribution in [0.2, 0.25) is 0 Å². The maximum Gasteiger partial charge on any atom is 0.258 e. The van der Waals surface area contributed by atoms with Crippen LogP contribution in [0.25, 0.3) is 0 Å². The van der Waals surface area contributed by atoms with Gasteiger partial charge in [-0.1, -0.05) is 34.1 Å². The number of carbonyl (C=O) groups excluding carboxylic acids is 1. The van der Waals surface area contributed by atoms with Crippen molar-refractivity contribution in [2.45, 2.75) is 26.2 Å². The predicted octanol–water partition coefficient (Wildman–Crippen LogP) is 4.74. The van der Waals surface area contributed by atoms with Gasteiger partial charge in [0.2, 0.25) is 0 Å². The topological polar surface area (TPSA) is 20.3 Å². The number of hydrogen-bond acceptors (Lipinski definition) is 1. The molecule has 0 N–H and O–H groups in total. The highest BCUT2D eigenvalue weighted by atomic mass is 79.9. The second-order valence-corrected chi connectivity index (χ2v) is 6.48. The summed E-state index contributed by atoms with van der Waals surface area (Å²) < 4.78 is 0.953. The SMILES string of the molecule is Cc1cc(Br)cc(C(=O)N2CCCCc3ccccc32)c1. The molecule has 0 unspecified atom stereocenters. The molecule has 0 radical (unpaired) electrons. The molecule has 0 saturated heterocycles. The zero-order chi connectivity index (χ0) is 14.8. The van der Waals surface area contributed by atoms with Gasteiger partial charge in [-0.3, -0.25) is 4.79 Å². The van der Waals surface area contributed by atoms with Gasteiger partial charge < -0.3 is 4.90 Å². The Hall–Kier alpha value is -1.61. The minimum absolute atomic E-state index is 0.0914. The van der Waals surface area contributed by atoms with E-state index in [1.807, 2.05) is 36.1 Å². The minimum atomic E-state index is 0.0914. The van der Waals surface area contributed by atoms with E-state index in [0.717, 1.165) is 47.1 Å². The molecule has 2 aromatic carbocycles. The van der Waals surface area contributed by atoms with Crippen molar-refractivity contribution in [2.24, 2.45) is 0 Å². The lowest BCUT2D eigenvalue weighted by molar-refractivity contribution is 0.0987. The van der Waals surface area contributed by atoms with Crippen molar-refractivity contribution >= 4 is 27.5 Å². The summed E-state index contributed by atoms with van der Waals surface area (Å²) in [6, 6.07) is 14.1. The van der Waals surface area contributed by atoms with E-state index in [9.17, 15) is 4.79 Å². The van der Waals surface area contributed by atoms with Crippen LogP contribution in [-0.2, 0) is 6.42 Å². The lowest BCUT2D eigenvalue weighted by Gasteiger charge is -2.23. The summed E-state index contributed by atoms with van der Waals surface area (Å²) in [5.74, 6) is 0.0914. The zero-order valence-electron chi connectivity index (χ0n) is 12.1. The fraction of sp³-hybridized carbons (Fsp3) is 0.278. The molecular weight excluding hydrogens is 326 g/mol. The molecule has 0 bridgehead atoms. The summed E-state index contributed by atoms with van der Waals surface area (Å²) in [7, 11) is 0. The molecule has 2 nitrogen and oxygen atoms in total. The Morgan fingerprint density at radius 2 is 1.95 bits per heavy atom. The fourth-order valence-corrected chi connectivity index (χ4v) is 3.53. The molecule has 0 spiro atoms. The van der Waals surface area contributed by atoms with Gasteiger partial charge in [0.1, 0.15) is 0 Å². The Labute approximate surface area is 133 Å². The van der Waals surface area contributed by atoms with Crippen molar-refractivity contribution in [3.63, 3.8) is 0 Å². The van der Waals surface area contributed by atoms with Crippen LogP contribution in [0.15, 0.2) is 46.9 Å². The van der Waals surface area contributed by atoms with Crippen molar-refractivity contribution in [3.8, 4) is 0 Å². The molecule has 21 heavy (non-hydrogen) atoms. The molecule has 1 heterocycles. The van der Waals surface area contributed by atoms with Gasteiger partial charge >= 0.3 is 0 Å². The van der Waals surface area contributed by atoms with Crippen LogP contribution >= 0.6 is 15.9 Å². The standard InChI is InChI=1S/C18H18BrNO/c1-13-10-15(12-16(19)11-13)18(21)20-9-5-4-7-14-6-2-3-8-17(14)20/h2-3,6,8,10-12H,4-5,7,9H2,1H3. The molecule has 1 amide bonds. The van der Waals surface area contributed by atoms with Gasteiger partial charge in [-0.2, -0.15) is 0 Å². The number of anilines is 1. The number of halogens is 1. The van der Waals surface area contributed by atoms with Crippen molar-refractivity contribution in [2.75, 3.05) is 11.4 Å². The van der Waals surface area contributed by atoms with Crippen LogP contribution in [-0.4, -0.2) is 12.5 Å².